The van der Waals surface area contributed by atoms with Gasteiger partial charge in [-0.05, 0) is 31.2 Å². The number of hydrogen-bond acceptors (Lipinski definition) is 5. The summed E-state index contributed by atoms with van der Waals surface area (Å²) in [6, 6.07) is 9.39. The number of carbonyl (C=O) groups excluding carboxylic acids is 3. The number of amides is 2. The molecule has 1 aliphatic heterocycles. The van der Waals surface area contributed by atoms with Crippen molar-refractivity contribution in [3.05, 3.63) is 65.9 Å². The standard InChI is InChI=1S/C21H19F2N3O4/c1-2-30-21(29)11-14-10-20(28)26(18-6-4-3-5-16(18)24-14)12-19(27)25-17-9-13(22)7-8-15(17)23/h3-10,24H,2,11-12H2,1H3,(H,25,27). The number of rotatable bonds is 6. The molecule has 0 fully saturated rings. The lowest BCUT2D eigenvalue weighted by atomic mass is 10.2. The summed E-state index contributed by atoms with van der Waals surface area (Å²) in [5.74, 6) is -3.29. The van der Waals surface area contributed by atoms with Crippen LogP contribution >= 0.6 is 0 Å². The summed E-state index contributed by atoms with van der Waals surface area (Å²) >= 11 is 0. The molecule has 1 aliphatic rings. The number of fused-ring (bicyclic) bond motifs is 1. The highest BCUT2D eigenvalue weighted by Crippen LogP contribution is 2.30. The number of nitrogens with zero attached hydrogens (tertiary/aromatic N) is 1. The van der Waals surface area contributed by atoms with E-state index in [2.05, 4.69) is 10.6 Å². The van der Waals surface area contributed by atoms with Crippen LogP contribution in [0, 0.1) is 11.6 Å². The van der Waals surface area contributed by atoms with Crippen LogP contribution in [0.1, 0.15) is 13.3 Å². The van der Waals surface area contributed by atoms with Gasteiger partial charge < -0.3 is 15.4 Å². The van der Waals surface area contributed by atoms with E-state index in [-0.39, 0.29) is 18.7 Å². The molecule has 2 amide bonds. The number of carbonyl (C=O) groups is 3. The summed E-state index contributed by atoms with van der Waals surface area (Å²) in [6.07, 6.45) is 1.05. The van der Waals surface area contributed by atoms with E-state index in [1.54, 1.807) is 31.2 Å². The molecule has 0 spiro atoms. The first-order valence-electron chi connectivity index (χ1n) is 9.16. The molecule has 7 nitrogen and oxygen atoms in total. The van der Waals surface area contributed by atoms with E-state index in [4.69, 9.17) is 4.74 Å². The lowest BCUT2D eigenvalue weighted by molar-refractivity contribution is -0.142. The van der Waals surface area contributed by atoms with Crippen molar-refractivity contribution in [1.82, 2.24) is 0 Å². The predicted octanol–water partition coefficient (Wildman–Crippen LogP) is 3.20. The van der Waals surface area contributed by atoms with Gasteiger partial charge in [0.15, 0.2) is 0 Å². The van der Waals surface area contributed by atoms with Crippen LogP contribution in [0.15, 0.2) is 54.2 Å². The molecule has 0 unspecified atom stereocenters. The van der Waals surface area contributed by atoms with Gasteiger partial charge in [-0.3, -0.25) is 19.3 Å². The Balaban J connectivity index is 1.83. The number of benzene rings is 2. The van der Waals surface area contributed by atoms with Crippen LogP contribution in [-0.2, 0) is 19.1 Å². The molecule has 0 bridgehead atoms. The summed E-state index contributed by atoms with van der Waals surface area (Å²) in [6.45, 7) is 1.44. The lowest BCUT2D eigenvalue weighted by Crippen LogP contribution is -2.37. The third-order valence-electron chi connectivity index (χ3n) is 4.20. The molecule has 30 heavy (non-hydrogen) atoms. The van der Waals surface area contributed by atoms with E-state index >= 15 is 0 Å². The average Bonchev–Trinajstić information content (AvgIpc) is 2.81. The molecule has 3 rings (SSSR count). The number of hydrogen-bond donors (Lipinski definition) is 2. The molecule has 156 valence electrons. The Morgan fingerprint density at radius 3 is 2.70 bits per heavy atom. The van der Waals surface area contributed by atoms with Gasteiger partial charge in [-0.1, -0.05) is 12.1 Å². The van der Waals surface area contributed by atoms with Crippen LogP contribution in [-0.4, -0.2) is 30.9 Å². The molecule has 0 atom stereocenters. The fraction of sp³-hybridized carbons (Fsp3) is 0.190. The minimum Gasteiger partial charge on any atom is -0.466 e. The molecule has 0 saturated carbocycles. The Kier molecular flexibility index (Phi) is 6.41. The number of esters is 1. The van der Waals surface area contributed by atoms with Crippen molar-refractivity contribution in [1.29, 1.82) is 0 Å². The molecule has 0 aromatic heterocycles. The SMILES string of the molecule is CCOC(=O)CC1=CC(=O)N(CC(=O)Nc2cc(F)ccc2F)c2ccccc2N1. The molecule has 0 radical (unpaired) electrons. The summed E-state index contributed by atoms with van der Waals surface area (Å²) in [4.78, 5) is 38.2. The van der Waals surface area contributed by atoms with Gasteiger partial charge in [-0.25, -0.2) is 8.78 Å². The fourth-order valence-electron chi connectivity index (χ4n) is 2.92. The maximum atomic E-state index is 13.8. The van der Waals surface area contributed by atoms with Crippen LogP contribution in [0.2, 0.25) is 0 Å². The molecule has 1 heterocycles. The Morgan fingerprint density at radius 1 is 1.17 bits per heavy atom. The minimum atomic E-state index is -0.800. The fourth-order valence-corrected chi connectivity index (χ4v) is 2.92. The van der Waals surface area contributed by atoms with E-state index in [0.29, 0.717) is 17.1 Å². The van der Waals surface area contributed by atoms with Gasteiger partial charge in [0.2, 0.25) is 5.91 Å². The zero-order valence-corrected chi connectivity index (χ0v) is 16.1. The third-order valence-corrected chi connectivity index (χ3v) is 4.20. The molecular formula is C21H19F2N3O4. The smallest absolute Gasteiger partial charge is 0.311 e. The van der Waals surface area contributed by atoms with E-state index in [9.17, 15) is 23.2 Å². The quantitative estimate of drug-likeness (QED) is 0.708. The maximum absolute atomic E-state index is 13.8. The molecule has 2 N–H and O–H groups in total. The monoisotopic (exact) mass is 415 g/mol. The molecule has 9 heteroatoms. The van der Waals surface area contributed by atoms with Gasteiger partial charge in [0.05, 0.1) is 30.1 Å². The zero-order valence-electron chi connectivity index (χ0n) is 16.1. The van der Waals surface area contributed by atoms with Crippen LogP contribution in [0.4, 0.5) is 25.8 Å². The second-order valence-corrected chi connectivity index (χ2v) is 6.39. The minimum absolute atomic E-state index is 0.150. The van der Waals surface area contributed by atoms with Crippen molar-refractivity contribution in [3.63, 3.8) is 0 Å². The summed E-state index contributed by atoms with van der Waals surface area (Å²) < 4.78 is 32.0. The van der Waals surface area contributed by atoms with Crippen molar-refractivity contribution >= 4 is 34.8 Å². The van der Waals surface area contributed by atoms with Crippen molar-refractivity contribution in [3.8, 4) is 0 Å². The number of ether oxygens (including phenoxy) is 1. The second-order valence-electron chi connectivity index (χ2n) is 6.39. The largest absolute Gasteiger partial charge is 0.466 e. The number of halogens is 2. The maximum Gasteiger partial charge on any atom is 0.311 e. The summed E-state index contributed by atoms with van der Waals surface area (Å²) in [5, 5.41) is 5.27. The Hall–Kier alpha value is -3.75. The van der Waals surface area contributed by atoms with E-state index in [1.807, 2.05) is 0 Å². The average molecular weight is 415 g/mol. The molecular weight excluding hydrogens is 396 g/mol. The molecule has 2 aromatic carbocycles. The number of anilines is 3. The normalized spacial score (nSPS) is 13.0. The van der Waals surface area contributed by atoms with Gasteiger partial charge in [0, 0.05) is 17.8 Å². The van der Waals surface area contributed by atoms with Gasteiger partial charge in [-0.2, -0.15) is 0 Å². The Labute approximate surface area is 171 Å². The van der Waals surface area contributed by atoms with Crippen molar-refractivity contribution in [2.75, 3.05) is 28.7 Å². The van der Waals surface area contributed by atoms with Crippen molar-refractivity contribution in [2.45, 2.75) is 13.3 Å². The first-order chi connectivity index (χ1) is 14.4. The topological polar surface area (TPSA) is 87.7 Å². The van der Waals surface area contributed by atoms with Crippen molar-refractivity contribution in [2.24, 2.45) is 0 Å². The highest BCUT2D eigenvalue weighted by atomic mass is 19.1. The third kappa shape index (κ3) is 4.99. The predicted molar refractivity (Wildman–Crippen MR) is 107 cm³/mol. The van der Waals surface area contributed by atoms with Crippen LogP contribution < -0.4 is 15.5 Å². The highest BCUT2D eigenvalue weighted by molar-refractivity contribution is 6.10. The first-order valence-corrected chi connectivity index (χ1v) is 9.16. The van der Waals surface area contributed by atoms with Gasteiger partial charge >= 0.3 is 5.97 Å². The molecule has 0 aliphatic carbocycles. The molecule has 0 saturated heterocycles. The lowest BCUT2D eigenvalue weighted by Gasteiger charge is -2.21. The Morgan fingerprint density at radius 2 is 1.93 bits per heavy atom. The highest BCUT2D eigenvalue weighted by Gasteiger charge is 2.25. The second kappa shape index (κ2) is 9.17. The van der Waals surface area contributed by atoms with E-state index in [1.165, 1.54) is 11.0 Å². The summed E-state index contributed by atoms with van der Waals surface area (Å²) in [5.41, 5.74) is 0.883. The van der Waals surface area contributed by atoms with E-state index in [0.717, 1.165) is 18.2 Å². The van der Waals surface area contributed by atoms with Gasteiger partial charge in [0.1, 0.15) is 18.2 Å². The molecule has 2 aromatic rings. The number of para-hydroxylation sites is 2. The first kappa shape index (κ1) is 21.0. The van der Waals surface area contributed by atoms with Crippen LogP contribution in [0.25, 0.3) is 0 Å². The zero-order chi connectivity index (χ0) is 21.7. The Bertz CT molecular complexity index is 1020. The van der Waals surface area contributed by atoms with Crippen LogP contribution in [0.3, 0.4) is 0 Å². The van der Waals surface area contributed by atoms with Crippen molar-refractivity contribution < 1.29 is 27.9 Å². The van der Waals surface area contributed by atoms with Crippen LogP contribution in [0.5, 0.6) is 0 Å². The van der Waals surface area contributed by atoms with Gasteiger partial charge in [0.25, 0.3) is 5.91 Å². The number of nitrogens with one attached hydrogen (secondary N) is 2. The summed E-state index contributed by atoms with van der Waals surface area (Å²) in [7, 11) is 0. The van der Waals surface area contributed by atoms with Gasteiger partial charge in [-0.15, -0.1) is 0 Å². The van der Waals surface area contributed by atoms with E-state index < -0.39 is 36.0 Å².